The van der Waals surface area contributed by atoms with Crippen LogP contribution >= 0.6 is 0 Å². The van der Waals surface area contributed by atoms with Crippen LogP contribution in [0.4, 0.5) is 5.69 Å². The fourth-order valence-corrected chi connectivity index (χ4v) is 1.63. The summed E-state index contributed by atoms with van der Waals surface area (Å²) in [4.78, 5) is 11.9. The first-order chi connectivity index (χ1) is 9.52. The van der Waals surface area contributed by atoms with E-state index in [1.54, 1.807) is 25.3 Å². The van der Waals surface area contributed by atoms with Crippen molar-refractivity contribution in [2.75, 3.05) is 32.6 Å². The Morgan fingerprint density at radius 1 is 1.30 bits per heavy atom. The topological polar surface area (TPSA) is 73.6 Å². The molecule has 0 saturated carbocycles. The molecule has 1 aromatic rings. The van der Waals surface area contributed by atoms with Gasteiger partial charge in [-0.2, -0.15) is 0 Å². The molecular weight excluding hydrogens is 256 g/mol. The van der Waals surface area contributed by atoms with Gasteiger partial charge in [0, 0.05) is 30.5 Å². The summed E-state index contributed by atoms with van der Waals surface area (Å²) in [5.74, 6) is 1.02. The highest BCUT2D eigenvalue weighted by Gasteiger charge is 2.07. The molecule has 1 aromatic carbocycles. The molecule has 5 nitrogen and oxygen atoms in total. The molecule has 0 aliphatic rings. The number of rotatable bonds is 8. The Labute approximate surface area is 120 Å². The van der Waals surface area contributed by atoms with Crippen LogP contribution in [0.25, 0.3) is 0 Å². The van der Waals surface area contributed by atoms with Gasteiger partial charge in [-0.05, 0) is 24.5 Å². The van der Waals surface area contributed by atoms with E-state index in [0.717, 1.165) is 13.0 Å². The highest BCUT2D eigenvalue weighted by Crippen LogP contribution is 2.18. The Morgan fingerprint density at radius 3 is 2.70 bits per heavy atom. The molecule has 0 aliphatic carbocycles. The van der Waals surface area contributed by atoms with E-state index in [9.17, 15) is 4.79 Å². The van der Waals surface area contributed by atoms with Crippen LogP contribution in [0.2, 0.25) is 0 Å². The first kappa shape index (κ1) is 16.3. The molecular formula is C15H24N2O3. The summed E-state index contributed by atoms with van der Waals surface area (Å²) in [5.41, 5.74) is 6.70. The summed E-state index contributed by atoms with van der Waals surface area (Å²) in [6, 6.07) is 4.95. The molecule has 0 saturated heterocycles. The smallest absolute Gasteiger partial charge is 0.251 e. The minimum Gasteiger partial charge on any atom is -0.497 e. The molecule has 0 fully saturated rings. The maximum atomic E-state index is 11.9. The molecule has 5 heteroatoms. The van der Waals surface area contributed by atoms with Crippen LogP contribution in [0.15, 0.2) is 18.2 Å². The van der Waals surface area contributed by atoms with Crippen molar-refractivity contribution in [1.29, 1.82) is 0 Å². The molecule has 0 atom stereocenters. The lowest BCUT2D eigenvalue weighted by molar-refractivity contribution is 0.0905. The van der Waals surface area contributed by atoms with E-state index >= 15 is 0 Å². The van der Waals surface area contributed by atoms with Gasteiger partial charge in [-0.15, -0.1) is 0 Å². The zero-order chi connectivity index (χ0) is 15.0. The third-order valence-electron chi connectivity index (χ3n) is 2.80. The van der Waals surface area contributed by atoms with Crippen LogP contribution in [0.1, 0.15) is 30.6 Å². The van der Waals surface area contributed by atoms with Crippen molar-refractivity contribution >= 4 is 11.6 Å². The van der Waals surface area contributed by atoms with E-state index < -0.39 is 0 Å². The van der Waals surface area contributed by atoms with Crippen molar-refractivity contribution < 1.29 is 14.3 Å². The van der Waals surface area contributed by atoms with Gasteiger partial charge in [-0.3, -0.25) is 4.79 Å². The number of benzene rings is 1. The lowest BCUT2D eigenvalue weighted by atomic mass is 10.1. The van der Waals surface area contributed by atoms with Crippen LogP contribution in [0.5, 0.6) is 5.75 Å². The minimum absolute atomic E-state index is 0.178. The number of methoxy groups -OCH3 is 1. The minimum atomic E-state index is -0.178. The number of nitrogens with two attached hydrogens (primary N) is 1. The van der Waals surface area contributed by atoms with E-state index in [2.05, 4.69) is 19.2 Å². The predicted molar refractivity (Wildman–Crippen MR) is 80.0 cm³/mol. The maximum Gasteiger partial charge on any atom is 0.251 e. The summed E-state index contributed by atoms with van der Waals surface area (Å²) >= 11 is 0. The number of hydrogen-bond acceptors (Lipinski definition) is 4. The summed E-state index contributed by atoms with van der Waals surface area (Å²) in [5, 5.41) is 2.79. The zero-order valence-corrected chi connectivity index (χ0v) is 12.4. The second-order valence-electron chi connectivity index (χ2n) is 5.05. The van der Waals surface area contributed by atoms with Crippen LogP contribution in [0, 0.1) is 5.92 Å². The Kier molecular flexibility index (Phi) is 6.87. The average Bonchev–Trinajstić information content (AvgIpc) is 2.41. The third-order valence-corrected chi connectivity index (χ3v) is 2.80. The van der Waals surface area contributed by atoms with Crippen molar-refractivity contribution in [3.8, 4) is 5.75 Å². The first-order valence-corrected chi connectivity index (χ1v) is 6.83. The SMILES string of the molecule is COc1cc(N)cc(C(=O)NCCOCCC(C)C)c1. The maximum absolute atomic E-state index is 11.9. The lowest BCUT2D eigenvalue weighted by Gasteiger charge is -2.09. The normalized spacial score (nSPS) is 10.6. The van der Waals surface area contributed by atoms with Gasteiger partial charge in [0.1, 0.15) is 5.75 Å². The van der Waals surface area contributed by atoms with E-state index in [1.807, 2.05) is 0 Å². The molecule has 3 N–H and O–H groups in total. The Hall–Kier alpha value is -1.75. The largest absolute Gasteiger partial charge is 0.497 e. The highest BCUT2D eigenvalue weighted by atomic mass is 16.5. The quantitative estimate of drug-likeness (QED) is 0.565. The first-order valence-electron chi connectivity index (χ1n) is 6.83. The van der Waals surface area contributed by atoms with Crippen molar-refractivity contribution in [1.82, 2.24) is 5.32 Å². The molecule has 20 heavy (non-hydrogen) atoms. The molecule has 1 amide bonds. The number of hydrogen-bond donors (Lipinski definition) is 2. The number of amides is 1. The molecule has 0 unspecified atom stereocenters. The summed E-state index contributed by atoms with van der Waals surface area (Å²) in [7, 11) is 1.54. The van der Waals surface area contributed by atoms with Gasteiger partial charge in [-0.1, -0.05) is 13.8 Å². The van der Waals surface area contributed by atoms with E-state index in [-0.39, 0.29) is 5.91 Å². The molecule has 112 valence electrons. The fourth-order valence-electron chi connectivity index (χ4n) is 1.63. The number of nitrogens with one attached hydrogen (secondary N) is 1. The second-order valence-corrected chi connectivity index (χ2v) is 5.05. The van der Waals surface area contributed by atoms with E-state index in [4.69, 9.17) is 15.2 Å². The molecule has 0 aromatic heterocycles. The lowest BCUT2D eigenvalue weighted by Crippen LogP contribution is -2.27. The monoisotopic (exact) mass is 280 g/mol. The van der Waals surface area contributed by atoms with Gasteiger partial charge in [0.25, 0.3) is 5.91 Å². The molecule has 1 rings (SSSR count). The molecule has 0 heterocycles. The van der Waals surface area contributed by atoms with Crippen molar-refractivity contribution in [3.63, 3.8) is 0 Å². The van der Waals surface area contributed by atoms with Gasteiger partial charge < -0.3 is 20.5 Å². The van der Waals surface area contributed by atoms with Crippen LogP contribution in [-0.2, 0) is 4.74 Å². The molecule has 0 aliphatic heterocycles. The van der Waals surface area contributed by atoms with Crippen LogP contribution in [-0.4, -0.2) is 32.8 Å². The van der Waals surface area contributed by atoms with Crippen LogP contribution in [0.3, 0.4) is 0 Å². The predicted octanol–water partition coefficient (Wildman–Crippen LogP) is 2.07. The summed E-state index contributed by atoms with van der Waals surface area (Å²) < 4.78 is 10.5. The number of nitrogen functional groups attached to an aromatic ring is 1. The van der Waals surface area contributed by atoms with Gasteiger partial charge in [0.05, 0.1) is 13.7 Å². The van der Waals surface area contributed by atoms with Crippen molar-refractivity contribution in [2.24, 2.45) is 5.92 Å². The molecule has 0 radical (unpaired) electrons. The van der Waals surface area contributed by atoms with Crippen LogP contribution < -0.4 is 15.8 Å². The van der Waals surface area contributed by atoms with Gasteiger partial charge in [-0.25, -0.2) is 0 Å². The van der Waals surface area contributed by atoms with E-state index in [0.29, 0.717) is 36.1 Å². The number of ether oxygens (including phenoxy) is 2. The Bertz CT molecular complexity index is 433. The third kappa shape index (κ3) is 5.93. The van der Waals surface area contributed by atoms with Crippen molar-refractivity contribution in [3.05, 3.63) is 23.8 Å². The molecule has 0 spiro atoms. The van der Waals surface area contributed by atoms with Gasteiger partial charge >= 0.3 is 0 Å². The van der Waals surface area contributed by atoms with Gasteiger partial charge in [0.2, 0.25) is 0 Å². The molecule has 0 bridgehead atoms. The number of carbonyl (C=O) groups excluding carboxylic acids is 1. The summed E-state index contributed by atoms with van der Waals surface area (Å²) in [6.07, 6.45) is 1.03. The Balaban J connectivity index is 2.34. The summed E-state index contributed by atoms with van der Waals surface area (Å²) in [6.45, 7) is 6.02. The average molecular weight is 280 g/mol. The Morgan fingerprint density at radius 2 is 2.05 bits per heavy atom. The highest BCUT2D eigenvalue weighted by molar-refractivity contribution is 5.95. The number of carbonyl (C=O) groups is 1. The van der Waals surface area contributed by atoms with E-state index in [1.165, 1.54) is 0 Å². The van der Waals surface area contributed by atoms with Gasteiger partial charge in [0.15, 0.2) is 0 Å². The standard InChI is InChI=1S/C15H24N2O3/c1-11(2)4-6-20-7-5-17-15(18)12-8-13(16)10-14(9-12)19-3/h8-11H,4-7,16H2,1-3H3,(H,17,18). The van der Waals surface area contributed by atoms with Crippen molar-refractivity contribution in [2.45, 2.75) is 20.3 Å². The zero-order valence-electron chi connectivity index (χ0n) is 12.4. The number of anilines is 1. The second kappa shape index (κ2) is 8.43. The fraction of sp³-hybridized carbons (Fsp3) is 0.533.